The fraction of sp³-hybridized carbons (Fsp3) is 0.429. The number of nitro groups is 1. The van der Waals surface area contributed by atoms with Crippen LogP contribution < -0.4 is 0 Å². The largest absolute Gasteiger partial charge is 0.466 e. The number of benzene rings is 1. The second-order valence-corrected chi connectivity index (χ2v) is 4.40. The number of carbonyl (C=O) groups excluding carboxylic acids is 2. The van der Waals surface area contributed by atoms with E-state index in [0.717, 1.165) is 21.3 Å². The Morgan fingerprint density at radius 1 is 1.14 bits per heavy atom. The van der Waals surface area contributed by atoms with Crippen LogP contribution in [0, 0.1) is 10.1 Å². The predicted molar refractivity (Wildman–Crippen MR) is 74.8 cm³/mol. The van der Waals surface area contributed by atoms with E-state index in [0.29, 0.717) is 5.56 Å². The fourth-order valence-corrected chi connectivity index (χ4v) is 2.28. The highest BCUT2D eigenvalue weighted by Gasteiger charge is 2.58. The Hall–Kier alpha value is -2.48. The summed E-state index contributed by atoms with van der Waals surface area (Å²) < 4.78 is 14.4. The molecule has 8 heteroatoms. The summed E-state index contributed by atoms with van der Waals surface area (Å²) in [7, 11) is 3.23. The SMILES string of the molecule is COC(=O)C(OC)(C(=O)OC)[C@H](C[N+](=O)[O-])c1ccccc1. The third kappa shape index (κ3) is 3.22. The molecule has 0 spiro atoms. The lowest BCUT2D eigenvalue weighted by Crippen LogP contribution is -2.56. The first-order chi connectivity index (χ1) is 10.4. The van der Waals surface area contributed by atoms with Crippen molar-refractivity contribution in [2.75, 3.05) is 27.9 Å². The van der Waals surface area contributed by atoms with E-state index >= 15 is 0 Å². The van der Waals surface area contributed by atoms with Gasteiger partial charge in [-0.3, -0.25) is 10.1 Å². The minimum atomic E-state index is -2.25. The van der Waals surface area contributed by atoms with Crippen LogP contribution in [0.1, 0.15) is 11.5 Å². The zero-order valence-corrected chi connectivity index (χ0v) is 12.5. The lowest BCUT2D eigenvalue weighted by Gasteiger charge is -2.32. The first-order valence-electron chi connectivity index (χ1n) is 6.32. The van der Waals surface area contributed by atoms with E-state index in [1.807, 2.05) is 0 Å². The summed E-state index contributed by atoms with van der Waals surface area (Å²) in [6.07, 6.45) is 0. The number of rotatable bonds is 7. The van der Waals surface area contributed by atoms with Crippen molar-refractivity contribution >= 4 is 11.9 Å². The number of carbonyl (C=O) groups is 2. The highest BCUT2D eigenvalue weighted by atomic mass is 16.6. The van der Waals surface area contributed by atoms with E-state index in [2.05, 4.69) is 9.47 Å². The van der Waals surface area contributed by atoms with Crippen molar-refractivity contribution in [1.82, 2.24) is 0 Å². The molecule has 0 aromatic heterocycles. The zero-order chi connectivity index (χ0) is 16.8. The van der Waals surface area contributed by atoms with Crippen molar-refractivity contribution in [3.8, 4) is 0 Å². The summed E-state index contributed by atoms with van der Waals surface area (Å²) in [6.45, 7) is -0.706. The molecule has 0 N–H and O–H groups in total. The van der Waals surface area contributed by atoms with Crippen molar-refractivity contribution in [2.24, 2.45) is 0 Å². The molecule has 0 bridgehead atoms. The van der Waals surface area contributed by atoms with Crippen LogP contribution in [-0.4, -0.2) is 50.3 Å². The molecule has 0 amide bonds. The van der Waals surface area contributed by atoms with Gasteiger partial charge in [0.1, 0.15) is 0 Å². The molecular weight excluding hydrogens is 294 g/mol. The number of hydrogen-bond donors (Lipinski definition) is 0. The smallest absolute Gasteiger partial charge is 0.350 e. The molecule has 0 saturated carbocycles. The lowest BCUT2D eigenvalue weighted by molar-refractivity contribution is -0.486. The Labute approximate surface area is 127 Å². The van der Waals surface area contributed by atoms with Crippen molar-refractivity contribution in [1.29, 1.82) is 0 Å². The molecule has 0 aliphatic rings. The van der Waals surface area contributed by atoms with Crippen molar-refractivity contribution < 1.29 is 28.7 Å². The summed E-state index contributed by atoms with van der Waals surface area (Å²) in [6, 6.07) is 8.10. The summed E-state index contributed by atoms with van der Waals surface area (Å²) in [5.74, 6) is -3.32. The average molecular weight is 311 g/mol. The summed E-state index contributed by atoms with van der Waals surface area (Å²) in [5, 5.41) is 11.0. The van der Waals surface area contributed by atoms with Gasteiger partial charge in [-0.1, -0.05) is 30.3 Å². The molecular formula is C14H17NO7. The molecule has 1 aromatic rings. The molecule has 22 heavy (non-hydrogen) atoms. The molecule has 1 atom stereocenters. The fourth-order valence-electron chi connectivity index (χ4n) is 2.28. The highest BCUT2D eigenvalue weighted by molar-refractivity contribution is 6.05. The van der Waals surface area contributed by atoms with Crippen molar-refractivity contribution in [3.05, 3.63) is 46.0 Å². The van der Waals surface area contributed by atoms with Gasteiger partial charge in [0.15, 0.2) is 0 Å². The van der Waals surface area contributed by atoms with Gasteiger partial charge in [-0.05, 0) is 5.56 Å². The van der Waals surface area contributed by atoms with Crippen LogP contribution in [0.4, 0.5) is 0 Å². The molecule has 0 unspecified atom stereocenters. The van der Waals surface area contributed by atoms with E-state index in [1.54, 1.807) is 30.3 Å². The second-order valence-electron chi connectivity index (χ2n) is 4.40. The minimum Gasteiger partial charge on any atom is -0.466 e. The molecule has 1 aromatic carbocycles. The first-order valence-corrected chi connectivity index (χ1v) is 6.32. The van der Waals surface area contributed by atoms with Gasteiger partial charge in [0.25, 0.3) is 5.60 Å². The molecule has 0 radical (unpaired) electrons. The maximum absolute atomic E-state index is 12.2. The van der Waals surface area contributed by atoms with E-state index in [4.69, 9.17) is 4.74 Å². The van der Waals surface area contributed by atoms with E-state index < -0.39 is 34.9 Å². The Bertz CT molecular complexity index is 527. The van der Waals surface area contributed by atoms with E-state index in [9.17, 15) is 19.7 Å². The molecule has 0 aliphatic heterocycles. The van der Waals surface area contributed by atoms with Gasteiger partial charge >= 0.3 is 11.9 Å². The Balaban J connectivity index is 3.51. The highest BCUT2D eigenvalue weighted by Crippen LogP contribution is 2.34. The number of esters is 2. The van der Waals surface area contributed by atoms with Gasteiger partial charge in [0.2, 0.25) is 6.54 Å². The van der Waals surface area contributed by atoms with Crippen LogP contribution in [0.3, 0.4) is 0 Å². The average Bonchev–Trinajstić information content (AvgIpc) is 2.54. The number of hydrogen-bond acceptors (Lipinski definition) is 7. The molecule has 120 valence electrons. The Morgan fingerprint density at radius 3 is 2.00 bits per heavy atom. The maximum atomic E-state index is 12.2. The van der Waals surface area contributed by atoms with Gasteiger partial charge in [0, 0.05) is 12.0 Å². The summed E-state index contributed by atoms with van der Waals surface area (Å²) in [4.78, 5) is 34.8. The second kappa shape index (κ2) is 7.51. The van der Waals surface area contributed by atoms with Crippen molar-refractivity contribution in [3.63, 3.8) is 0 Å². The van der Waals surface area contributed by atoms with Crippen LogP contribution in [-0.2, 0) is 23.8 Å². The van der Waals surface area contributed by atoms with Gasteiger partial charge in [-0.2, -0.15) is 0 Å². The normalized spacial score (nSPS) is 12.3. The molecule has 0 fully saturated rings. The van der Waals surface area contributed by atoms with Gasteiger partial charge in [-0.25, -0.2) is 9.59 Å². The van der Waals surface area contributed by atoms with Crippen LogP contribution >= 0.6 is 0 Å². The minimum absolute atomic E-state index is 0.386. The first kappa shape index (κ1) is 17.6. The van der Waals surface area contributed by atoms with E-state index in [1.165, 1.54) is 0 Å². The molecule has 0 aliphatic carbocycles. The van der Waals surface area contributed by atoms with Gasteiger partial charge in [-0.15, -0.1) is 0 Å². The number of nitrogens with zero attached hydrogens (tertiary/aromatic N) is 1. The molecule has 0 heterocycles. The van der Waals surface area contributed by atoms with Crippen LogP contribution in [0.2, 0.25) is 0 Å². The van der Waals surface area contributed by atoms with Crippen molar-refractivity contribution in [2.45, 2.75) is 11.5 Å². The van der Waals surface area contributed by atoms with E-state index in [-0.39, 0.29) is 0 Å². The van der Waals surface area contributed by atoms with Crippen LogP contribution in [0.15, 0.2) is 30.3 Å². The number of methoxy groups -OCH3 is 3. The zero-order valence-electron chi connectivity index (χ0n) is 12.5. The predicted octanol–water partition coefficient (Wildman–Crippen LogP) is 0.778. The van der Waals surface area contributed by atoms with Crippen LogP contribution in [0.5, 0.6) is 0 Å². The molecule has 0 saturated heterocycles. The Morgan fingerprint density at radius 2 is 1.64 bits per heavy atom. The molecule has 1 rings (SSSR count). The summed E-state index contributed by atoms with van der Waals surface area (Å²) in [5.41, 5.74) is -1.87. The topological polar surface area (TPSA) is 105 Å². The third-order valence-electron chi connectivity index (χ3n) is 3.32. The Kier molecular flexibility index (Phi) is 6.00. The van der Waals surface area contributed by atoms with Crippen LogP contribution in [0.25, 0.3) is 0 Å². The quantitative estimate of drug-likeness (QED) is 0.317. The maximum Gasteiger partial charge on any atom is 0.350 e. The standard InChI is InChI=1S/C14H17NO7/c1-20-12(16)14(22-3,13(17)21-2)11(9-15(18)19)10-7-5-4-6-8-10/h4-8,11H,9H2,1-3H3/t11-/m1/s1. The molecule has 8 nitrogen and oxygen atoms in total. The number of ether oxygens (including phenoxy) is 3. The van der Waals surface area contributed by atoms with Gasteiger partial charge < -0.3 is 14.2 Å². The lowest BCUT2D eigenvalue weighted by atomic mass is 9.81. The monoisotopic (exact) mass is 311 g/mol. The summed E-state index contributed by atoms with van der Waals surface area (Å²) >= 11 is 0. The third-order valence-corrected chi connectivity index (χ3v) is 3.32. The van der Waals surface area contributed by atoms with Gasteiger partial charge in [0.05, 0.1) is 20.1 Å².